The normalized spacial score (nSPS) is 20.5. The molecular formula is C14H18F2O. The summed E-state index contributed by atoms with van der Waals surface area (Å²) in [4.78, 5) is 0. The molecule has 1 aromatic rings. The molecule has 0 aliphatic heterocycles. The Hall–Kier alpha value is -0.960. The van der Waals surface area contributed by atoms with Gasteiger partial charge >= 0.3 is 0 Å². The van der Waals surface area contributed by atoms with E-state index in [2.05, 4.69) is 0 Å². The highest BCUT2D eigenvalue weighted by molar-refractivity contribution is 5.28. The van der Waals surface area contributed by atoms with Crippen LogP contribution in [0.2, 0.25) is 0 Å². The molecule has 1 unspecified atom stereocenters. The lowest BCUT2D eigenvalue weighted by Crippen LogP contribution is -2.23. The fourth-order valence-corrected chi connectivity index (χ4v) is 2.72. The minimum atomic E-state index is -0.843. The second-order valence-electron chi connectivity index (χ2n) is 5.39. The topological polar surface area (TPSA) is 20.2 Å². The third-order valence-electron chi connectivity index (χ3n) is 3.98. The molecule has 0 aromatic heterocycles. The standard InChI is InChI=1S/C14H18F2O/c1-9-7-10(12(16)8-11(9)15)13(17)14(2)5-3-4-6-14/h7-8,13,17H,3-6H2,1-2H3. The molecule has 0 bridgehead atoms. The highest BCUT2D eigenvalue weighted by atomic mass is 19.1. The second-order valence-corrected chi connectivity index (χ2v) is 5.39. The molecule has 1 aliphatic rings. The first-order chi connectivity index (χ1) is 7.94. The van der Waals surface area contributed by atoms with Crippen LogP contribution in [0.1, 0.15) is 49.8 Å². The Kier molecular flexibility index (Phi) is 3.21. The number of hydrogen-bond acceptors (Lipinski definition) is 1. The molecule has 94 valence electrons. The van der Waals surface area contributed by atoms with Crippen molar-refractivity contribution in [3.05, 3.63) is 34.9 Å². The third kappa shape index (κ3) is 2.21. The number of aliphatic hydroxyl groups excluding tert-OH is 1. The predicted molar refractivity (Wildman–Crippen MR) is 62.6 cm³/mol. The van der Waals surface area contributed by atoms with E-state index in [1.807, 2.05) is 6.92 Å². The fraction of sp³-hybridized carbons (Fsp3) is 0.571. The molecule has 1 saturated carbocycles. The number of aliphatic hydroxyl groups is 1. The van der Waals surface area contributed by atoms with E-state index in [1.165, 1.54) is 6.07 Å². The van der Waals surface area contributed by atoms with E-state index in [0.29, 0.717) is 5.56 Å². The van der Waals surface area contributed by atoms with Crippen molar-refractivity contribution in [2.45, 2.75) is 45.6 Å². The summed E-state index contributed by atoms with van der Waals surface area (Å²) in [6.45, 7) is 3.56. The maximum absolute atomic E-state index is 13.7. The number of hydrogen-bond donors (Lipinski definition) is 1. The molecule has 0 amide bonds. The van der Waals surface area contributed by atoms with Crippen LogP contribution in [0.25, 0.3) is 0 Å². The van der Waals surface area contributed by atoms with Gasteiger partial charge in [0.1, 0.15) is 11.6 Å². The Balaban J connectivity index is 2.36. The molecule has 2 rings (SSSR count). The molecule has 1 nitrogen and oxygen atoms in total. The van der Waals surface area contributed by atoms with Crippen LogP contribution in [-0.2, 0) is 0 Å². The van der Waals surface area contributed by atoms with Gasteiger partial charge in [0.15, 0.2) is 0 Å². The van der Waals surface area contributed by atoms with E-state index < -0.39 is 17.7 Å². The van der Waals surface area contributed by atoms with Gasteiger partial charge in [-0.2, -0.15) is 0 Å². The van der Waals surface area contributed by atoms with E-state index in [-0.39, 0.29) is 11.0 Å². The summed E-state index contributed by atoms with van der Waals surface area (Å²) in [6.07, 6.45) is 3.07. The molecule has 1 aliphatic carbocycles. The Morgan fingerprint density at radius 3 is 2.35 bits per heavy atom. The fourth-order valence-electron chi connectivity index (χ4n) is 2.72. The van der Waals surface area contributed by atoms with Gasteiger partial charge in [0.2, 0.25) is 0 Å². The molecule has 17 heavy (non-hydrogen) atoms. The van der Waals surface area contributed by atoms with E-state index >= 15 is 0 Å². The van der Waals surface area contributed by atoms with Crippen LogP contribution in [0.5, 0.6) is 0 Å². The van der Waals surface area contributed by atoms with Crippen LogP contribution in [-0.4, -0.2) is 5.11 Å². The van der Waals surface area contributed by atoms with Crippen molar-refractivity contribution >= 4 is 0 Å². The van der Waals surface area contributed by atoms with Gasteiger partial charge in [-0.15, -0.1) is 0 Å². The Bertz CT molecular complexity index is 422. The van der Waals surface area contributed by atoms with Crippen LogP contribution >= 0.6 is 0 Å². The summed E-state index contributed by atoms with van der Waals surface area (Å²) >= 11 is 0. The lowest BCUT2D eigenvalue weighted by Gasteiger charge is -2.30. The van der Waals surface area contributed by atoms with Gasteiger partial charge in [0, 0.05) is 11.6 Å². The van der Waals surface area contributed by atoms with Crippen LogP contribution in [0, 0.1) is 24.0 Å². The molecule has 1 N–H and O–H groups in total. The van der Waals surface area contributed by atoms with Crippen molar-refractivity contribution in [1.29, 1.82) is 0 Å². The third-order valence-corrected chi connectivity index (χ3v) is 3.98. The summed E-state index contributed by atoms with van der Waals surface area (Å²) in [6, 6.07) is 2.30. The zero-order chi connectivity index (χ0) is 12.6. The lowest BCUT2D eigenvalue weighted by atomic mass is 9.79. The van der Waals surface area contributed by atoms with Crippen LogP contribution in [0.15, 0.2) is 12.1 Å². The van der Waals surface area contributed by atoms with E-state index in [0.717, 1.165) is 31.7 Å². The van der Waals surface area contributed by atoms with E-state index in [9.17, 15) is 13.9 Å². The predicted octanol–water partition coefficient (Wildman–Crippen LogP) is 3.89. The summed E-state index contributed by atoms with van der Waals surface area (Å²) in [5, 5.41) is 10.3. The minimum Gasteiger partial charge on any atom is -0.388 e. The zero-order valence-electron chi connectivity index (χ0n) is 10.3. The first-order valence-electron chi connectivity index (χ1n) is 6.08. The van der Waals surface area contributed by atoms with Gasteiger partial charge in [-0.05, 0) is 36.8 Å². The number of halogens is 2. The van der Waals surface area contributed by atoms with Crippen molar-refractivity contribution in [2.24, 2.45) is 5.41 Å². The van der Waals surface area contributed by atoms with Gasteiger partial charge < -0.3 is 5.11 Å². The van der Waals surface area contributed by atoms with Crippen LogP contribution in [0.4, 0.5) is 8.78 Å². The highest BCUT2D eigenvalue weighted by Gasteiger charge is 2.38. The van der Waals surface area contributed by atoms with Crippen molar-refractivity contribution in [3.63, 3.8) is 0 Å². The maximum Gasteiger partial charge on any atom is 0.131 e. The average Bonchev–Trinajstić information content (AvgIpc) is 2.71. The summed E-state index contributed by atoms with van der Waals surface area (Å²) < 4.78 is 26.9. The zero-order valence-corrected chi connectivity index (χ0v) is 10.3. The molecule has 1 fully saturated rings. The van der Waals surface area contributed by atoms with Crippen LogP contribution in [0.3, 0.4) is 0 Å². The van der Waals surface area contributed by atoms with Gasteiger partial charge in [-0.3, -0.25) is 0 Å². The van der Waals surface area contributed by atoms with E-state index in [1.54, 1.807) is 6.92 Å². The first kappa shape index (κ1) is 12.5. The molecular weight excluding hydrogens is 222 g/mol. The van der Waals surface area contributed by atoms with Gasteiger partial charge in [-0.1, -0.05) is 19.8 Å². The number of aryl methyl sites for hydroxylation is 1. The average molecular weight is 240 g/mol. The molecule has 0 spiro atoms. The van der Waals surface area contributed by atoms with Gasteiger partial charge in [0.05, 0.1) is 6.10 Å². The lowest BCUT2D eigenvalue weighted by molar-refractivity contribution is 0.0378. The van der Waals surface area contributed by atoms with E-state index in [4.69, 9.17) is 0 Å². The number of benzene rings is 1. The van der Waals surface area contributed by atoms with Crippen LogP contribution < -0.4 is 0 Å². The Labute approximate surface area is 100 Å². The Morgan fingerprint density at radius 2 is 1.76 bits per heavy atom. The Morgan fingerprint density at radius 1 is 1.18 bits per heavy atom. The van der Waals surface area contributed by atoms with Crippen molar-refractivity contribution < 1.29 is 13.9 Å². The van der Waals surface area contributed by atoms with Crippen molar-refractivity contribution in [1.82, 2.24) is 0 Å². The second kappa shape index (κ2) is 4.37. The molecule has 0 heterocycles. The molecule has 1 atom stereocenters. The van der Waals surface area contributed by atoms with Crippen molar-refractivity contribution in [2.75, 3.05) is 0 Å². The monoisotopic (exact) mass is 240 g/mol. The minimum absolute atomic E-state index is 0.230. The molecule has 0 saturated heterocycles. The molecule has 0 radical (unpaired) electrons. The van der Waals surface area contributed by atoms with Gasteiger partial charge in [0.25, 0.3) is 0 Å². The highest BCUT2D eigenvalue weighted by Crippen LogP contribution is 2.47. The van der Waals surface area contributed by atoms with Gasteiger partial charge in [-0.25, -0.2) is 8.78 Å². The first-order valence-corrected chi connectivity index (χ1v) is 6.08. The maximum atomic E-state index is 13.7. The van der Waals surface area contributed by atoms with Crippen molar-refractivity contribution in [3.8, 4) is 0 Å². The SMILES string of the molecule is Cc1cc(C(O)C2(C)CCCC2)c(F)cc1F. The largest absolute Gasteiger partial charge is 0.388 e. The molecule has 1 aromatic carbocycles. The summed E-state index contributed by atoms with van der Waals surface area (Å²) in [5.74, 6) is -1.20. The quantitative estimate of drug-likeness (QED) is 0.831. The number of rotatable bonds is 2. The smallest absolute Gasteiger partial charge is 0.131 e. The molecule has 3 heteroatoms. The summed E-state index contributed by atoms with van der Waals surface area (Å²) in [7, 11) is 0. The summed E-state index contributed by atoms with van der Waals surface area (Å²) in [5.41, 5.74) is 0.334.